The Balaban J connectivity index is 2.41. The van der Waals surface area contributed by atoms with Crippen LogP contribution in [0.15, 0.2) is 0 Å². The molecule has 0 N–H and O–H groups in total. The summed E-state index contributed by atoms with van der Waals surface area (Å²) in [7, 11) is 0. The van der Waals surface area contributed by atoms with Crippen molar-refractivity contribution < 1.29 is 0 Å². The maximum atomic E-state index is 2.28. The van der Waals surface area contributed by atoms with Crippen molar-refractivity contribution in [1.82, 2.24) is 0 Å². The molecule has 1 radical (unpaired) electrons. The molecule has 6 heavy (non-hydrogen) atoms. The maximum absolute atomic E-state index is 2.28. The van der Waals surface area contributed by atoms with E-state index in [9.17, 15) is 0 Å². The minimum absolute atomic E-state index is 0.625. The van der Waals surface area contributed by atoms with Crippen molar-refractivity contribution in [3.05, 3.63) is 5.92 Å². The molecule has 0 heterocycles. The van der Waals surface area contributed by atoms with Crippen molar-refractivity contribution in [2.75, 3.05) is 0 Å². The highest BCUT2D eigenvalue weighted by Gasteiger charge is 2.41. The average Bonchev–Trinajstić information content (AvgIpc) is 1.73. The van der Waals surface area contributed by atoms with E-state index in [4.69, 9.17) is 0 Å². The second kappa shape index (κ2) is 0.800. The molecule has 1 rings (SSSR count). The number of hydrogen-bond acceptors (Lipinski definition) is 0. The topological polar surface area (TPSA) is 0 Å². The first kappa shape index (κ1) is 4.17. The number of rotatable bonds is 0. The van der Waals surface area contributed by atoms with Gasteiger partial charge < -0.3 is 0 Å². The van der Waals surface area contributed by atoms with Crippen LogP contribution in [-0.4, -0.2) is 0 Å². The lowest BCUT2D eigenvalue weighted by atomic mass is 10.1. The summed E-state index contributed by atoms with van der Waals surface area (Å²) < 4.78 is 0. The molecule has 35 valence electrons. The second-order valence-corrected chi connectivity index (χ2v) is 2.84. The molecular weight excluding hydrogens is 72.1 g/mol. The molecule has 1 saturated carbocycles. The molecule has 0 bridgehead atoms. The molecule has 0 saturated heterocycles. The zero-order valence-corrected chi connectivity index (χ0v) is 4.71. The molecule has 0 nitrogen and oxygen atoms in total. The fourth-order valence-electron chi connectivity index (χ4n) is 0.619. The highest BCUT2D eigenvalue weighted by Crippen LogP contribution is 2.52. The standard InChI is InChI=1S/C6H11/c1-5-4-6(5,2)3/h4H2,1-3H3. The van der Waals surface area contributed by atoms with Gasteiger partial charge in [0.25, 0.3) is 0 Å². The lowest BCUT2D eigenvalue weighted by molar-refractivity contribution is 0.664. The third kappa shape index (κ3) is 0.444. The van der Waals surface area contributed by atoms with Gasteiger partial charge in [-0.15, -0.1) is 0 Å². The summed E-state index contributed by atoms with van der Waals surface area (Å²) in [4.78, 5) is 0. The molecule has 0 spiro atoms. The van der Waals surface area contributed by atoms with Crippen molar-refractivity contribution in [3.8, 4) is 0 Å². The minimum atomic E-state index is 0.625. The molecule has 0 aliphatic heterocycles. The fraction of sp³-hybridized carbons (Fsp3) is 0.833. The van der Waals surface area contributed by atoms with Gasteiger partial charge in [0.1, 0.15) is 0 Å². The first-order valence-corrected chi connectivity index (χ1v) is 2.46. The van der Waals surface area contributed by atoms with Gasteiger partial charge in [-0.2, -0.15) is 0 Å². The Labute approximate surface area is 39.6 Å². The first-order chi connectivity index (χ1) is 2.63. The molecule has 0 unspecified atom stereocenters. The van der Waals surface area contributed by atoms with E-state index in [2.05, 4.69) is 20.8 Å². The highest BCUT2D eigenvalue weighted by molar-refractivity contribution is 5.17. The molecule has 0 aromatic heterocycles. The van der Waals surface area contributed by atoms with E-state index >= 15 is 0 Å². The van der Waals surface area contributed by atoms with Gasteiger partial charge in [-0.25, -0.2) is 0 Å². The van der Waals surface area contributed by atoms with E-state index < -0.39 is 0 Å². The summed E-state index contributed by atoms with van der Waals surface area (Å²) in [6.07, 6.45) is 1.35. The lowest BCUT2D eigenvalue weighted by Crippen LogP contribution is -1.81. The van der Waals surface area contributed by atoms with E-state index in [0.29, 0.717) is 5.41 Å². The van der Waals surface area contributed by atoms with Gasteiger partial charge in [0.15, 0.2) is 0 Å². The monoisotopic (exact) mass is 83.1 g/mol. The first-order valence-electron chi connectivity index (χ1n) is 2.46. The lowest BCUT2D eigenvalue weighted by Gasteiger charge is -1.91. The van der Waals surface area contributed by atoms with Gasteiger partial charge >= 0.3 is 0 Å². The summed E-state index contributed by atoms with van der Waals surface area (Å²) in [5.41, 5.74) is 0.625. The molecule has 1 aliphatic carbocycles. The summed E-state index contributed by atoms with van der Waals surface area (Å²) in [5.74, 6) is 1.66. The molecule has 0 aromatic carbocycles. The van der Waals surface area contributed by atoms with E-state index in [1.165, 1.54) is 6.42 Å². The SMILES string of the molecule is C[C]1CC1(C)C. The van der Waals surface area contributed by atoms with Crippen molar-refractivity contribution in [2.24, 2.45) is 5.41 Å². The van der Waals surface area contributed by atoms with Crippen LogP contribution >= 0.6 is 0 Å². The van der Waals surface area contributed by atoms with Crippen LogP contribution in [0.3, 0.4) is 0 Å². The van der Waals surface area contributed by atoms with Crippen molar-refractivity contribution in [1.29, 1.82) is 0 Å². The summed E-state index contributed by atoms with van der Waals surface area (Å²) >= 11 is 0. The van der Waals surface area contributed by atoms with Gasteiger partial charge in [0.2, 0.25) is 0 Å². The zero-order valence-electron chi connectivity index (χ0n) is 4.71. The van der Waals surface area contributed by atoms with Crippen molar-refractivity contribution in [3.63, 3.8) is 0 Å². The molecule has 0 amide bonds. The molecule has 0 heteroatoms. The Morgan fingerprint density at radius 3 is 1.67 bits per heavy atom. The van der Waals surface area contributed by atoms with Crippen LogP contribution in [0, 0.1) is 11.3 Å². The molecule has 1 fully saturated rings. The number of hydrogen-bond donors (Lipinski definition) is 0. The van der Waals surface area contributed by atoms with E-state index in [1.54, 1.807) is 5.92 Å². The van der Waals surface area contributed by atoms with E-state index in [-0.39, 0.29) is 0 Å². The van der Waals surface area contributed by atoms with Crippen LogP contribution in [0.5, 0.6) is 0 Å². The van der Waals surface area contributed by atoms with Gasteiger partial charge in [0, 0.05) is 0 Å². The normalized spacial score (nSPS) is 30.5. The van der Waals surface area contributed by atoms with Gasteiger partial charge in [-0.3, -0.25) is 0 Å². The Bertz CT molecular complexity index is 62.4. The van der Waals surface area contributed by atoms with Crippen LogP contribution in [0.4, 0.5) is 0 Å². The van der Waals surface area contributed by atoms with Gasteiger partial charge in [-0.1, -0.05) is 20.8 Å². The minimum Gasteiger partial charge on any atom is -0.0593 e. The van der Waals surface area contributed by atoms with Crippen LogP contribution in [0.1, 0.15) is 27.2 Å². The fourth-order valence-corrected chi connectivity index (χ4v) is 0.619. The van der Waals surface area contributed by atoms with Crippen LogP contribution in [0.2, 0.25) is 0 Å². The van der Waals surface area contributed by atoms with E-state index in [1.807, 2.05) is 0 Å². The largest absolute Gasteiger partial charge is 0.0593 e. The Kier molecular flexibility index (Phi) is 0.556. The molecule has 0 atom stereocenters. The third-order valence-corrected chi connectivity index (χ3v) is 1.74. The zero-order chi connectivity index (χ0) is 4.78. The predicted molar refractivity (Wildman–Crippen MR) is 27.3 cm³/mol. The Morgan fingerprint density at radius 1 is 1.50 bits per heavy atom. The van der Waals surface area contributed by atoms with E-state index in [0.717, 1.165) is 0 Å². The molecule has 1 aliphatic rings. The summed E-state index contributed by atoms with van der Waals surface area (Å²) in [6, 6.07) is 0. The van der Waals surface area contributed by atoms with Gasteiger partial charge in [-0.05, 0) is 17.8 Å². The van der Waals surface area contributed by atoms with Crippen LogP contribution in [0.25, 0.3) is 0 Å². The predicted octanol–water partition coefficient (Wildman–Crippen LogP) is 2.01. The van der Waals surface area contributed by atoms with Gasteiger partial charge in [0.05, 0.1) is 0 Å². The molecule has 0 aromatic rings. The average molecular weight is 83.2 g/mol. The summed E-state index contributed by atoms with van der Waals surface area (Å²) in [6.45, 7) is 6.78. The second-order valence-electron chi connectivity index (χ2n) is 2.84. The van der Waals surface area contributed by atoms with Crippen LogP contribution < -0.4 is 0 Å². The smallest absolute Gasteiger partial charge is 0.0210 e. The Morgan fingerprint density at radius 2 is 1.67 bits per heavy atom. The maximum Gasteiger partial charge on any atom is -0.0210 e. The Hall–Kier alpha value is 0. The summed E-state index contributed by atoms with van der Waals surface area (Å²) in [5, 5.41) is 0. The molecular formula is C6H11. The van der Waals surface area contributed by atoms with Crippen LogP contribution in [-0.2, 0) is 0 Å². The highest BCUT2D eigenvalue weighted by atomic mass is 14.5. The quantitative estimate of drug-likeness (QED) is 0.420. The third-order valence-electron chi connectivity index (χ3n) is 1.74. The van der Waals surface area contributed by atoms with Crippen molar-refractivity contribution >= 4 is 0 Å². The van der Waals surface area contributed by atoms with Crippen molar-refractivity contribution in [2.45, 2.75) is 27.2 Å².